The summed E-state index contributed by atoms with van der Waals surface area (Å²) < 4.78 is 0. The summed E-state index contributed by atoms with van der Waals surface area (Å²) in [5, 5.41) is 2.88. The van der Waals surface area contributed by atoms with Crippen molar-refractivity contribution >= 4 is 5.91 Å². The van der Waals surface area contributed by atoms with Gasteiger partial charge in [0.05, 0.1) is 0 Å². The van der Waals surface area contributed by atoms with Gasteiger partial charge in [-0.3, -0.25) is 4.79 Å². The van der Waals surface area contributed by atoms with E-state index in [4.69, 9.17) is 0 Å². The lowest BCUT2D eigenvalue weighted by molar-refractivity contribution is -0.118. The largest absolute Gasteiger partial charge is 0.330 e. The van der Waals surface area contributed by atoms with Crippen LogP contribution in [0.1, 0.15) is 40.5 Å². The van der Waals surface area contributed by atoms with Crippen molar-refractivity contribution in [2.75, 3.05) is 0 Å². The second-order valence-electron chi connectivity index (χ2n) is 4.90. The zero-order chi connectivity index (χ0) is 10.8. The minimum atomic E-state index is 0.0139. The molecule has 0 saturated carbocycles. The summed E-state index contributed by atoms with van der Waals surface area (Å²) in [7, 11) is 0. The molecule has 0 saturated heterocycles. The van der Waals surface area contributed by atoms with E-state index in [1.54, 1.807) is 6.92 Å². The van der Waals surface area contributed by atoms with E-state index < -0.39 is 0 Å². The van der Waals surface area contributed by atoms with E-state index in [0.717, 1.165) is 18.5 Å². The van der Waals surface area contributed by atoms with Crippen molar-refractivity contribution in [2.24, 2.45) is 5.41 Å². The summed E-state index contributed by atoms with van der Waals surface area (Å²) in [6, 6.07) is 0. The Balaban J connectivity index is 2.81. The molecule has 14 heavy (non-hydrogen) atoms. The second-order valence-corrected chi connectivity index (χ2v) is 4.90. The minimum Gasteiger partial charge on any atom is -0.330 e. The highest BCUT2D eigenvalue weighted by molar-refractivity contribution is 5.75. The van der Waals surface area contributed by atoms with E-state index in [1.165, 1.54) is 5.57 Å². The topological polar surface area (TPSA) is 29.1 Å². The Morgan fingerprint density at radius 2 is 2.00 bits per heavy atom. The fraction of sp³-hybridized carbons (Fsp3) is 0.583. The SMILES string of the molecule is CC(=O)NC1=CC=C(C)CC(C)(C)C1. The summed E-state index contributed by atoms with van der Waals surface area (Å²) in [4.78, 5) is 10.9. The zero-order valence-corrected chi connectivity index (χ0v) is 9.48. The lowest BCUT2D eigenvalue weighted by atomic mass is 9.83. The molecule has 0 heterocycles. The third-order valence-corrected chi connectivity index (χ3v) is 2.33. The molecule has 0 spiro atoms. The maximum absolute atomic E-state index is 10.9. The molecule has 0 aromatic heterocycles. The number of nitrogens with one attached hydrogen (secondary N) is 1. The van der Waals surface area contributed by atoms with Gasteiger partial charge in [-0.05, 0) is 31.3 Å². The van der Waals surface area contributed by atoms with E-state index in [-0.39, 0.29) is 11.3 Å². The van der Waals surface area contributed by atoms with Crippen LogP contribution in [0.2, 0.25) is 0 Å². The average molecular weight is 193 g/mol. The molecular weight excluding hydrogens is 174 g/mol. The van der Waals surface area contributed by atoms with E-state index in [9.17, 15) is 4.79 Å². The molecule has 2 heteroatoms. The standard InChI is InChI=1S/C12H19NO/c1-9-5-6-11(13-10(2)14)8-12(3,4)7-9/h5-6H,7-8H2,1-4H3,(H,13,14). The van der Waals surface area contributed by atoms with Crippen LogP contribution < -0.4 is 5.32 Å². The molecule has 0 aromatic carbocycles. The van der Waals surface area contributed by atoms with Gasteiger partial charge in [0.1, 0.15) is 0 Å². The van der Waals surface area contributed by atoms with Gasteiger partial charge in [-0.1, -0.05) is 25.5 Å². The van der Waals surface area contributed by atoms with Gasteiger partial charge in [-0.2, -0.15) is 0 Å². The van der Waals surface area contributed by atoms with Gasteiger partial charge in [0, 0.05) is 12.6 Å². The van der Waals surface area contributed by atoms with Crippen molar-refractivity contribution in [3.63, 3.8) is 0 Å². The molecule has 1 rings (SSSR count). The summed E-state index contributed by atoms with van der Waals surface area (Å²) >= 11 is 0. The lowest BCUT2D eigenvalue weighted by Crippen LogP contribution is -2.23. The maximum Gasteiger partial charge on any atom is 0.220 e. The number of carbonyl (C=O) groups is 1. The molecule has 0 fully saturated rings. The molecule has 78 valence electrons. The van der Waals surface area contributed by atoms with Gasteiger partial charge in [0.15, 0.2) is 0 Å². The normalized spacial score (nSPS) is 20.6. The first kappa shape index (κ1) is 11.0. The molecule has 1 N–H and O–H groups in total. The zero-order valence-electron chi connectivity index (χ0n) is 9.48. The number of amides is 1. The van der Waals surface area contributed by atoms with Crippen LogP contribution in [0.5, 0.6) is 0 Å². The molecule has 1 aliphatic carbocycles. The molecule has 0 aromatic rings. The Hall–Kier alpha value is -1.05. The molecule has 1 aliphatic rings. The van der Waals surface area contributed by atoms with Gasteiger partial charge in [0.25, 0.3) is 0 Å². The highest BCUT2D eigenvalue weighted by atomic mass is 16.1. The van der Waals surface area contributed by atoms with Crippen LogP contribution in [0.4, 0.5) is 0 Å². The predicted molar refractivity (Wildman–Crippen MR) is 58.7 cm³/mol. The monoisotopic (exact) mass is 193 g/mol. The van der Waals surface area contributed by atoms with Gasteiger partial charge in [-0.15, -0.1) is 0 Å². The predicted octanol–water partition coefficient (Wildman–Crippen LogP) is 2.77. The van der Waals surface area contributed by atoms with Crippen molar-refractivity contribution < 1.29 is 4.79 Å². The first-order chi connectivity index (χ1) is 6.39. The van der Waals surface area contributed by atoms with E-state index in [2.05, 4.69) is 32.2 Å². The Morgan fingerprint density at radius 3 is 2.57 bits per heavy atom. The van der Waals surface area contributed by atoms with Gasteiger partial charge >= 0.3 is 0 Å². The van der Waals surface area contributed by atoms with Crippen LogP contribution in [0, 0.1) is 5.41 Å². The molecule has 0 aliphatic heterocycles. The van der Waals surface area contributed by atoms with Crippen molar-refractivity contribution in [3.05, 3.63) is 23.4 Å². The Morgan fingerprint density at radius 1 is 1.36 bits per heavy atom. The van der Waals surface area contributed by atoms with E-state index in [1.807, 2.05) is 6.08 Å². The number of hydrogen-bond donors (Lipinski definition) is 1. The molecule has 2 nitrogen and oxygen atoms in total. The third kappa shape index (κ3) is 3.36. The van der Waals surface area contributed by atoms with Crippen LogP contribution >= 0.6 is 0 Å². The smallest absolute Gasteiger partial charge is 0.220 e. The summed E-state index contributed by atoms with van der Waals surface area (Å²) in [6.07, 6.45) is 6.14. The Labute approximate surface area is 86.1 Å². The Kier molecular flexibility index (Phi) is 3.14. The van der Waals surface area contributed by atoms with Gasteiger partial charge in [-0.25, -0.2) is 0 Å². The minimum absolute atomic E-state index is 0.0139. The van der Waals surface area contributed by atoms with Crippen LogP contribution in [-0.4, -0.2) is 5.91 Å². The molecule has 1 amide bonds. The first-order valence-corrected chi connectivity index (χ1v) is 5.03. The molecule has 0 atom stereocenters. The lowest BCUT2D eigenvalue weighted by Gasteiger charge is -2.24. The van der Waals surface area contributed by atoms with Crippen molar-refractivity contribution in [2.45, 2.75) is 40.5 Å². The van der Waals surface area contributed by atoms with Crippen LogP contribution in [-0.2, 0) is 4.79 Å². The van der Waals surface area contributed by atoms with E-state index in [0.29, 0.717) is 0 Å². The fourth-order valence-corrected chi connectivity index (χ4v) is 2.01. The molecule has 0 bridgehead atoms. The average Bonchev–Trinajstić information content (AvgIpc) is 2.07. The van der Waals surface area contributed by atoms with Gasteiger partial charge in [0.2, 0.25) is 5.91 Å². The third-order valence-electron chi connectivity index (χ3n) is 2.33. The van der Waals surface area contributed by atoms with Crippen LogP contribution in [0.15, 0.2) is 23.4 Å². The van der Waals surface area contributed by atoms with Gasteiger partial charge < -0.3 is 5.32 Å². The second kappa shape index (κ2) is 3.99. The van der Waals surface area contributed by atoms with Crippen molar-refractivity contribution in [1.29, 1.82) is 0 Å². The van der Waals surface area contributed by atoms with Crippen LogP contribution in [0.3, 0.4) is 0 Å². The molecule has 0 radical (unpaired) electrons. The fourth-order valence-electron chi connectivity index (χ4n) is 2.01. The van der Waals surface area contributed by atoms with E-state index >= 15 is 0 Å². The highest BCUT2D eigenvalue weighted by Gasteiger charge is 2.22. The number of rotatable bonds is 1. The highest BCUT2D eigenvalue weighted by Crippen LogP contribution is 2.33. The van der Waals surface area contributed by atoms with Crippen molar-refractivity contribution in [3.8, 4) is 0 Å². The molecule has 0 unspecified atom stereocenters. The Bertz CT molecular complexity index is 297. The first-order valence-electron chi connectivity index (χ1n) is 5.03. The number of allylic oxidation sites excluding steroid dienone is 4. The number of hydrogen-bond acceptors (Lipinski definition) is 1. The van der Waals surface area contributed by atoms with Crippen LogP contribution in [0.25, 0.3) is 0 Å². The maximum atomic E-state index is 10.9. The summed E-state index contributed by atoms with van der Waals surface area (Å²) in [6.45, 7) is 8.14. The quantitative estimate of drug-likeness (QED) is 0.681. The number of carbonyl (C=O) groups excluding carboxylic acids is 1. The van der Waals surface area contributed by atoms with Crippen molar-refractivity contribution in [1.82, 2.24) is 5.32 Å². The summed E-state index contributed by atoms with van der Waals surface area (Å²) in [5.74, 6) is 0.0139. The summed E-state index contributed by atoms with van der Waals surface area (Å²) in [5.41, 5.74) is 2.64. The molecular formula is C12H19NO.